The van der Waals surface area contributed by atoms with Crippen LogP contribution in [0.25, 0.3) is 10.9 Å². The highest BCUT2D eigenvalue weighted by atomic mass is 19.1. The fraction of sp³-hybridized carbons (Fsp3) is 0.409. The van der Waals surface area contributed by atoms with Crippen molar-refractivity contribution in [3.8, 4) is 5.75 Å². The van der Waals surface area contributed by atoms with E-state index in [0.717, 1.165) is 11.3 Å². The average Bonchev–Trinajstić information content (AvgIpc) is 3.29. The largest absolute Gasteiger partial charge is 0.459 e. The number of hydrogen-bond donors (Lipinski definition) is 2. The Morgan fingerprint density at radius 3 is 2.91 bits per heavy atom. The summed E-state index contributed by atoms with van der Waals surface area (Å²) in [6.45, 7) is 7.68. The van der Waals surface area contributed by atoms with E-state index in [2.05, 4.69) is 15.1 Å². The summed E-state index contributed by atoms with van der Waals surface area (Å²) in [5, 5.41) is 6.42. The molecule has 0 radical (unpaired) electrons. The molecule has 3 atom stereocenters. The van der Waals surface area contributed by atoms with Crippen molar-refractivity contribution in [3.05, 3.63) is 41.0 Å². The molecule has 2 aromatic rings. The van der Waals surface area contributed by atoms with Crippen LogP contribution >= 0.6 is 0 Å². The van der Waals surface area contributed by atoms with Crippen LogP contribution in [0.5, 0.6) is 5.75 Å². The first kappa shape index (κ1) is 22.0. The Balaban J connectivity index is 1.49. The maximum Gasteiger partial charge on any atom is 0.322 e. The minimum Gasteiger partial charge on any atom is -0.459 e. The standard InChI is InChI=1S/C22H26FN5O4/c1-11-7-15-16(27-11)5-6-17(19(15)23)32-21-20-13(3)18(8-28(20)26-10-25-21)30-9-12(2)31-22(29)14(4)24/h5-7,10,12,14,18,27H,8-9,24H2,1-4H3/t12-,14+,18?/m1/s1. The molecule has 0 saturated carbocycles. The molecule has 2 aliphatic rings. The van der Waals surface area contributed by atoms with Crippen molar-refractivity contribution in [2.45, 2.75) is 45.9 Å². The average molecular weight is 443 g/mol. The highest BCUT2D eigenvalue weighted by Crippen LogP contribution is 2.32. The molecule has 1 aromatic heterocycles. The molecule has 0 aliphatic carbocycles. The summed E-state index contributed by atoms with van der Waals surface area (Å²) in [7, 11) is 0. The Labute approximate surface area is 184 Å². The van der Waals surface area contributed by atoms with Crippen LogP contribution in [-0.4, -0.2) is 59.6 Å². The second-order valence-electron chi connectivity index (χ2n) is 8.03. The van der Waals surface area contributed by atoms with Crippen LogP contribution < -0.4 is 10.5 Å². The zero-order valence-electron chi connectivity index (χ0n) is 18.4. The number of aromatic amines is 1. The molecule has 2 aliphatic heterocycles. The summed E-state index contributed by atoms with van der Waals surface area (Å²) in [6.07, 6.45) is 0.589. The highest BCUT2D eigenvalue weighted by molar-refractivity contribution is 6.01. The first-order valence-corrected chi connectivity index (χ1v) is 10.4. The van der Waals surface area contributed by atoms with E-state index >= 15 is 0 Å². The summed E-state index contributed by atoms with van der Waals surface area (Å²) in [4.78, 5) is 19.0. The van der Waals surface area contributed by atoms with Crippen molar-refractivity contribution >= 4 is 29.1 Å². The van der Waals surface area contributed by atoms with Gasteiger partial charge >= 0.3 is 5.97 Å². The number of H-pyrrole nitrogens is 1. The number of nitrogens with two attached hydrogens (primary N) is 1. The molecule has 0 amide bonds. The number of rotatable bonds is 6. The summed E-state index contributed by atoms with van der Waals surface area (Å²) < 4.78 is 32.0. The maximum atomic E-state index is 15.0. The van der Waals surface area contributed by atoms with Gasteiger partial charge in [-0.25, -0.2) is 4.39 Å². The van der Waals surface area contributed by atoms with Gasteiger partial charge in [0.15, 0.2) is 11.6 Å². The molecule has 32 heavy (non-hydrogen) atoms. The molecule has 9 nitrogen and oxygen atoms in total. The number of benzene rings is 1. The number of aromatic nitrogens is 1. The Hall–Kier alpha value is -3.24. The number of ether oxygens (including phenoxy) is 3. The molecule has 170 valence electrons. The lowest BCUT2D eigenvalue weighted by Gasteiger charge is -2.21. The van der Waals surface area contributed by atoms with Crippen molar-refractivity contribution in [1.82, 2.24) is 9.99 Å². The predicted molar refractivity (Wildman–Crippen MR) is 118 cm³/mol. The Morgan fingerprint density at radius 1 is 1.38 bits per heavy atom. The van der Waals surface area contributed by atoms with Crippen LogP contribution in [0.1, 0.15) is 26.5 Å². The molecule has 10 heteroatoms. The smallest absolute Gasteiger partial charge is 0.322 e. The van der Waals surface area contributed by atoms with Gasteiger partial charge in [-0.1, -0.05) is 0 Å². The van der Waals surface area contributed by atoms with Gasteiger partial charge in [0.25, 0.3) is 0 Å². The second kappa shape index (κ2) is 8.71. The van der Waals surface area contributed by atoms with Crippen molar-refractivity contribution in [2.24, 2.45) is 15.8 Å². The van der Waals surface area contributed by atoms with Gasteiger partial charge in [0, 0.05) is 16.6 Å². The first-order valence-electron chi connectivity index (χ1n) is 10.4. The molecule has 3 heterocycles. The van der Waals surface area contributed by atoms with Crippen LogP contribution in [0, 0.1) is 12.7 Å². The maximum absolute atomic E-state index is 15.0. The minimum absolute atomic E-state index is 0.0756. The van der Waals surface area contributed by atoms with Gasteiger partial charge < -0.3 is 24.9 Å². The number of nitrogens with one attached hydrogen (secondary N) is 1. The van der Waals surface area contributed by atoms with Crippen LogP contribution in [0.2, 0.25) is 0 Å². The van der Waals surface area contributed by atoms with Gasteiger partial charge in [-0.3, -0.25) is 9.80 Å². The third kappa shape index (κ3) is 4.23. The molecular weight excluding hydrogens is 417 g/mol. The fourth-order valence-corrected chi connectivity index (χ4v) is 3.64. The SMILES string of the molecule is CC1=C2C(Oc3ccc4[nH]c(C)cc4c3F)=NC=NN2CC1OC[C@@H](C)OC(=O)[C@H](C)N. The lowest BCUT2D eigenvalue weighted by atomic mass is 10.1. The number of fused-ring (bicyclic) bond motifs is 2. The van der Waals surface area contributed by atoms with Crippen LogP contribution in [0.3, 0.4) is 0 Å². The number of aliphatic imine (C=N–C) groups is 1. The van der Waals surface area contributed by atoms with Crippen molar-refractivity contribution < 1.29 is 23.4 Å². The number of carbonyl (C=O) groups excluding carboxylic acids is 1. The third-order valence-corrected chi connectivity index (χ3v) is 5.29. The zero-order valence-corrected chi connectivity index (χ0v) is 18.4. The van der Waals surface area contributed by atoms with E-state index in [1.807, 2.05) is 13.8 Å². The van der Waals surface area contributed by atoms with E-state index in [9.17, 15) is 9.18 Å². The highest BCUT2D eigenvalue weighted by Gasteiger charge is 2.36. The van der Waals surface area contributed by atoms with Crippen molar-refractivity contribution in [2.75, 3.05) is 13.2 Å². The Morgan fingerprint density at radius 2 is 2.16 bits per heavy atom. The molecule has 0 spiro atoms. The summed E-state index contributed by atoms with van der Waals surface area (Å²) in [6, 6.07) is 4.38. The van der Waals surface area contributed by atoms with E-state index < -0.39 is 23.9 Å². The van der Waals surface area contributed by atoms with Crippen molar-refractivity contribution in [3.63, 3.8) is 0 Å². The van der Waals surface area contributed by atoms with E-state index in [-0.39, 0.29) is 24.4 Å². The first-order chi connectivity index (χ1) is 15.2. The van der Waals surface area contributed by atoms with E-state index in [4.69, 9.17) is 19.9 Å². The number of halogens is 1. The van der Waals surface area contributed by atoms with Crippen LogP contribution in [0.15, 0.2) is 39.6 Å². The van der Waals surface area contributed by atoms with Gasteiger partial charge in [-0.15, -0.1) is 0 Å². The lowest BCUT2D eigenvalue weighted by Crippen LogP contribution is -2.34. The number of hydrogen-bond acceptors (Lipinski definition) is 8. The van der Waals surface area contributed by atoms with E-state index in [1.54, 1.807) is 37.1 Å². The second-order valence-corrected chi connectivity index (χ2v) is 8.03. The number of carbonyl (C=O) groups is 1. The quantitative estimate of drug-likeness (QED) is 0.664. The van der Waals surface area contributed by atoms with E-state index in [1.165, 1.54) is 6.34 Å². The number of hydrazone groups is 1. The third-order valence-electron chi connectivity index (χ3n) is 5.29. The molecule has 1 aromatic carbocycles. The number of nitrogens with zero attached hydrogens (tertiary/aromatic N) is 3. The zero-order chi connectivity index (χ0) is 23.0. The predicted octanol–water partition coefficient (Wildman–Crippen LogP) is 2.60. The molecular formula is C22H26FN5O4. The van der Waals surface area contributed by atoms with Gasteiger partial charge in [0.2, 0.25) is 5.90 Å². The molecule has 0 saturated heterocycles. The summed E-state index contributed by atoms with van der Waals surface area (Å²) in [5.41, 5.74) is 8.55. The van der Waals surface area contributed by atoms with Crippen LogP contribution in [-0.2, 0) is 14.3 Å². The lowest BCUT2D eigenvalue weighted by molar-refractivity contribution is -0.152. The summed E-state index contributed by atoms with van der Waals surface area (Å²) in [5.74, 6) is -0.626. The Bertz CT molecular complexity index is 1140. The fourth-order valence-electron chi connectivity index (χ4n) is 3.64. The van der Waals surface area contributed by atoms with Crippen LogP contribution in [0.4, 0.5) is 4.39 Å². The topological polar surface area (TPSA) is 115 Å². The minimum atomic E-state index is -0.693. The van der Waals surface area contributed by atoms with Gasteiger partial charge in [-0.2, -0.15) is 10.1 Å². The molecule has 4 rings (SSSR count). The molecule has 0 fully saturated rings. The van der Waals surface area contributed by atoms with Gasteiger partial charge in [0.1, 0.15) is 30.3 Å². The monoisotopic (exact) mass is 443 g/mol. The molecule has 1 unspecified atom stereocenters. The van der Waals surface area contributed by atoms with Gasteiger partial charge in [-0.05, 0) is 51.5 Å². The molecule has 0 bridgehead atoms. The molecule has 3 N–H and O–H groups in total. The van der Waals surface area contributed by atoms with Crippen molar-refractivity contribution in [1.29, 1.82) is 0 Å². The normalized spacial score (nSPS) is 19.8. The van der Waals surface area contributed by atoms with Gasteiger partial charge in [0.05, 0.1) is 13.2 Å². The summed E-state index contributed by atoms with van der Waals surface area (Å²) >= 11 is 0. The number of esters is 1. The Kier molecular flexibility index (Phi) is 5.98. The van der Waals surface area contributed by atoms with E-state index in [0.29, 0.717) is 23.1 Å². The number of aryl methyl sites for hydroxylation is 1.